The van der Waals surface area contributed by atoms with E-state index in [-0.39, 0.29) is 5.56 Å². The second-order valence-electron chi connectivity index (χ2n) is 4.72. The number of alkyl halides is 3. The molecule has 0 aliphatic heterocycles. The first-order valence-corrected chi connectivity index (χ1v) is 6.35. The normalized spacial score (nSPS) is 15.0. The fourth-order valence-corrected chi connectivity index (χ4v) is 1.60. The number of hydrogen-bond acceptors (Lipinski definition) is 1. The first kappa shape index (κ1) is 14.9. The van der Waals surface area contributed by atoms with Gasteiger partial charge in [0.2, 0.25) is 0 Å². The average molecular weight is 277 g/mol. The molecule has 0 bridgehead atoms. The summed E-state index contributed by atoms with van der Waals surface area (Å²) < 4.78 is 52.2. The van der Waals surface area contributed by atoms with E-state index in [0.29, 0.717) is 0 Å². The lowest BCUT2D eigenvalue weighted by Gasteiger charge is -2.12. The highest BCUT2D eigenvalue weighted by atomic mass is 32.2. The van der Waals surface area contributed by atoms with Gasteiger partial charge < -0.3 is 0 Å². The van der Waals surface area contributed by atoms with Gasteiger partial charge in [-0.3, -0.25) is 0 Å². The van der Waals surface area contributed by atoms with Crippen molar-refractivity contribution in [3.05, 3.63) is 35.4 Å². The van der Waals surface area contributed by atoms with Crippen LogP contribution in [-0.2, 0) is 17.2 Å². The monoisotopic (exact) mass is 277 g/mol. The molecule has 0 saturated heterocycles. The third-order valence-electron chi connectivity index (χ3n) is 2.04. The van der Waals surface area contributed by atoms with Gasteiger partial charge in [0.25, 0.3) is 0 Å². The summed E-state index contributed by atoms with van der Waals surface area (Å²) in [4.78, 5) is 0. The second-order valence-corrected chi connectivity index (χ2v) is 6.65. The molecule has 1 aromatic rings. The molecule has 6 heteroatoms. The Morgan fingerprint density at radius 3 is 2.33 bits per heavy atom. The first-order valence-electron chi connectivity index (χ1n) is 5.24. The number of benzene rings is 1. The highest BCUT2D eigenvalue weighted by molar-refractivity contribution is 7.85. The molecule has 0 heterocycles. The van der Waals surface area contributed by atoms with Crippen LogP contribution in [0.1, 0.15) is 31.9 Å². The fourth-order valence-electron chi connectivity index (χ4n) is 1.06. The van der Waals surface area contributed by atoms with Crippen LogP contribution in [0.3, 0.4) is 0 Å². The van der Waals surface area contributed by atoms with Gasteiger partial charge in [-0.05, 0) is 38.5 Å². The van der Waals surface area contributed by atoms with Crippen LogP contribution in [0.2, 0.25) is 0 Å². The molecule has 0 N–H and O–H groups in total. The third kappa shape index (κ3) is 4.25. The molecule has 0 aromatic heterocycles. The van der Waals surface area contributed by atoms with Gasteiger partial charge in [-0.2, -0.15) is 17.6 Å². The van der Waals surface area contributed by atoms with Crippen molar-refractivity contribution in [1.82, 2.24) is 0 Å². The van der Waals surface area contributed by atoms with E-state index in [2.05, 4.69) is 4.40 Å². The van der Waals surface area contributed by atoms with E-state index >= 15 is 0 Å². The SMILES string of the molecule is CC(C)(C)[S@](=O)/N=C/c1cccc(C(F)(F)F)c1. The van der Waals surface area contributed by atoms with Crippen LogP contribution in [0, 0.1) is 0 Å². The zero-order valence-electron chi connectivity index (χ0n) is 10.3. The van der Waals surface area contributed by atoms with E-state index in [4.69, 9.17) is 0 Å². The molecule has 100 valence electrons. The maximum absolute atomic E-state index is 12.5. The maximum atomic E-state index is 12.5. The smallest absolute Gasteiger partial charge is 0.234 e. The molecule has 0 radical (unpaired) electrons. The van der Waals surface area contributed by atoms with Crippen molar-refractivity contribution in [2.24, 2.45) is 4.40 Å². The number of nitrogens with zero attached hydrogens (tertiary/aromatic N) is 1. The van der Waals surface area contributed by atoms with E-state index < -0.39 is 27.5 Å². The van der Waals surface area contributed by atoms with Gasteiger partial charge in [-0.15, -0.1) is 0 Å². The van der Waals surface area contributed by atoms with Crippen molar-refractivity contribution in [3.63, 3.8) is 0 Å². The lowest BCUT2D eigenvalue weighted by Crippen LogP contribution is -2.19. The quantitative estimate of drug-likeness (QED) is 0.760. The van der Waals surface area contributed by atoms with Crippen molar-refractivity contribution in [3.8, 4) is 0 Å². The highest BCUT2D eigenvalue weighted by Crippen LogP contribution is 2.29. The number of halogens is 3. The van der Waals surface area contributed by atoms with Gasteiger partial charge in [0.05, 0.1) is 10.3 Å². The summed E-state index contributed by atoms with van der Waals surface area (Å²) in [5.41, 5.74) is -0.463. The molecule has 0 amide bonds. The number of rotatable bonds is 2. The van der Waals surface area contributed by atoms with Crippen LogP contribution in [0.4, 0.5) is 13.2 Å². The Balaban J connectivity index is 2.93. The molecule has 2 nitrogen and oxygen atoms in total. The molecule has 1 atom stereocenters. The van der Waals surface area contributed by atoms with Crippen molar-refractivity contribution in [2.75, 3.05) is 0 Å². The van der Waals surface area contributed by atoms with Gasteiger partial charge in [0.1, 0.15) is 11.0 Å². The molecule has 0 unspecified atom stereocenters. The molecular formula is C12H14F3NOS. The Kier molecular flexibility index (Phi) is 4.32. The van der Waals surface area contributed by atoms with Crippen LogP contribution in [0.5, 0.6) is 0 Å². The van der Waals surface area contributed by atoms with Crippen LogP contribution in [-0.4, -0.2) is 15.2 Å². The van der Waals surface area contributed by atoms with Crippen LogP contribution in [0.25, 0.3) is 0 Å². The summed E-state index contributed by atoms with van der Waals surface area (Å²) in [5, 5.41) is 0. The zero-order chi connectivity index (χ0) is 14.0. The Hall–Kier alpha value is -1.17. The minimum absolute atomic E-state index is 0.280. The third-order valence-corrected chi connectivity index (χ3v) is 3.38. The van der Waals surface area contributed by atoms with E-state index in [0.717, 1.165) is 12.1 Å². The second kappa shape index (κ2) is 5.22. The Bertz CT molecular complexity index is 475. The maximum Gasteiger partial charge on any atom is 0.416 e. The molecule has 1 rings (SSSR count). The minimum Gasteiger partial charge on any atom is -0.234 e. The summed E-state index contributed by atoms with van der Waals surface area (Å²) in [6.07, 6.45) is -3.18. The molecule has 0 fully saturated rings. The van der Waals surface area contributed by atoms with Gasteiger partial charge in [0.15, 0.2) is 0 Å². The van der Waals surface area contributed by atoms with E-state index in [1.807, 2.05) is 0 Å². The Morgan fingerprint density at radius 2 is 1.83 bits per heavy atom. The Labute approximate surface area is 107 Å². The summed E-state index contributed by atoms with van der Waals surface area (Å²) >= 11 is 0. The first-order chi connectivity index (χ1) is 8.10. The molecule has 0 aliphatic rings. The predicted molar refractivity (Wildman–Crippen MR) is 66.9 cm³/mol. The topological polar surface area (TPSA) is 29.4 Å². The van der Waals surface area contributed by atoms with Gasteiger partial charge in [-0.1, -0.05) is 12.1 Å². The van der Waals surface area contributed by atoms with E-state index in [1.54, 1.807) is 20.8 Å². The zero-order valence-corrected chi connectivity index (χ0v) is 11.1. The van der Waals surface area contributed by atoms with E-state index in [9.17, 15) is 17.4 Å². The summed E-state index contributed by atoms with van der Waals surface area (Å²) in [6.45, 7) is 5.23. The molecule has 0 aliphatic carbocycles. The van der Waals surface area contributed by atoms with Gasteiger partial charge >= 0.3 is 6.18 Å². The Morgan fingerprint density at radius 1 is 1.22 bits per heavy atom. The summed E-state index contributed by atoms with van der Waals surface area (Å²) in [6, 6.07) is 4.74. The molecule has 18 heavy (non-hydrogen) atoms. The van der Waals surface area contributed by atoms with Crippen molar-refractivity contribution in [1.29, 1.82) is 0 Å². The van der Waals surface area contributed by atoms with Crippen LogP contribution < -0.4 is 0 Å². The standard InChI is InChI=1S/C12H14F3NOS/c1-11(2,3)18(17)16-8-9-5-4-6-10(7-9)12(13,14)15/h4-8H,1-3H3/b16-8+/t18-/m0/s1. The van der Waals surface area contributed by atoms with Crippen LogP contribution >= 0.6 is 0 Å². The molecule has 0 spiro atoms. The number of hydrogen-bond donors (Lipinski definition) is 0. The molecule has 1 aromatic carbocycles. The summed E-state index contributed by atoms with van der Waals surface area (Å²) in [7, 11) is -1.48. The molecule has 0 saturated carbocycles. The van der Waals surface area contributed by atoms with Gasteiger partial charge in [-0.25, -0.2) is 4.21 Å². The lowest BCUT2D eigenvalue weighted by atomic mass is 10.1. The van der Waals surface area contributed by atoms with Crippen molar-refractivity contribution < 1.29 is 17.4 Å². The fraction of sp³-hybridized carbons (Fsp3) is 0.417. The van der Waals surface area contributed by atoms with Crippen LogP contribution in [0.15, 0.2) is 28.7 Å². The molecular weight excluding hydrogens is 263 g/mol. The average Bonchev–Trinajstić information content (AvgIpc) is 2.23. The van der Waals surface area contributed by atoms with E-state index in [1.165, 1.54) is 18.3 Å². The highest BCUT2D eigenvalue weighted by Gasteiger charge is 2.30. The largest absolute Gasteiger partial charge is 0.416 e. The van der Waals surface area contributed by atoms with Crippen molar-refractivity contribution in [2.45, 2.75) is 31.7 Å². The van der Waals surface area contributed by atoms with Crippen molar-refractivity contribution >= 4 is 17.2 Å². The predicted octanol–water partition coefficient (Wildman–Crippen LogP) is 3.59. The lowest BCUT2D eigenvalue weighted by molar-refractivity contribution is -0.137. The summed E-state index contributed by atoms with van der Waals surface area (Å²) in [5.74, 6) is 0. The van der Waals surface area contributed by atoms with Gasteiger partial charge in [0, 0.05) is 6.21 Å². The minimum atomic E-state index is -4.38.